The van der Waals surface area contributed by atoms with Crippen LogP contribution in [0.4, 0.5) is 0 Å². The SMILES string of the molecule is COC(=O)C(N)Cc1ccccc1Oc1cc(C)cc(C)c1. The van der Waals surface area contributed by atoms with Crippen LogP contribution in [0.15, 0.2) is 42.5 Å². The topological polar surface area (TPSA) is 61.5 Å². The van der Waals surface area contributed by atoms with Gasteiger partial charge in [-0.15, -0.1) is 0 Å². The second kappa shape index (κ2) is 7.09. The highest BCUT2D eigenvalue weighted by Gasteiger charge is 2.16. The number of esters is 1. The summed E-state index contributed by atoms with van der Waals surface area (Å²) in [6.07, 6.45) is 0.369. The molecule has 0 amide bonds. The molecule has 1 unspecified atom stereocenters. The van der Waals surface area contributed by atoms with Crippen LogP contribution in [-0.4, -0.2) is 19.1 Å². The molecule has 2 aromatic rings. The van der Waals surface area contributed by atoms with Gasteiger partial charge < -0.3 is 15.2 Å². The molecule has 0 aliphatic carbocycles. The number of hydrogen-bond acceptors (Lipinski definition) is 4. The Kier molecular flexibility index (Phi) is 5.17. The van der Waals surface area contributed by atoms with Crippen LogP contribution in [-0.2, 0) is 16.0 Å². The number of benzene rings is 2. The number of carbonyl (C=O) groups excluding carboxylic acids is 1. The molecule has 4 nitrogen and oxygen atoms in total. The van der Waals surface area contributed by atoms with Gasteiger partial charge in [0.2, 0.25) is 0 Å². The Balaban J connectivity index is 2.22. The van der Waals surface area contributed by atoms with E-state index in [1.807, 2.05) is 50.2 Å². The van der Waals surface area contributed by atoms with E-state index in [-0.39, 0.29) is 0 Å². The third kappa shape index (κ3) is 4.09. The zero-order chi connectivity index (χ0) is 16.1. The molecule has 0 bridgehead atoms. The third-order valence-electron chi connectivity index (χ3n) is 3.34. The Hall–Kier alpha value is -2.33. The van der Waals surface area contributed by atoms with E-state index >= 15 is 0 Å². The molecule has 0 heterocycles. The molecule has 0 aromatic heterocycles. The Morgan fingerprint density at radius 2 is 1.77 bits per heavy atom. The summed E-state index contributed by atoms with van der Waals surface area (Å²) >= 11 is 0. The first-order valence-corrected chi connectivity index (χ1v) is 7.17. The van der Waals surface area contributed by atoms with Crippen molar-refractivity contribution < 1.29 is 14.3 Å². The zero-order valence-electron chi connectivity index (χ0n) is 13.1. The Morgan fingerprint density at radius 1 is 1.14 bits per heavy atom. The fourth-order valence-electron chi connectivity index (χ4n) is 2.36. The van der Waals surface area contributed by atoms with Crippen molar-refractivity contribution in [2.24, 2.45) is 5.73 Å². The Labute approximate surface area is 130 Å². The van der Waals surface area contributed by atoms with Gasteiger partial charge in [-0.3, -0.25) is 4.79 Å². The molecule has 2 rings (SSSR count). The van der Waals surface area contributed by atoms with E-state index in [2.05, 4.69) is 10.8 Å². The fraction of sp³-hybridized carbons (Fsp3) is 0.278. The van der Waals surface area contributed by atoms with Crippen LogP contribution < -0.4 is 10.5 Å². The molecule has 22 heavy (non-hydrogen) atoms. The van der Waals surface area contributed by atoms with Crippen LogP contribution in [0.5, 0.6) is 11.5 Å². The number of ether oxygens (including phenoxy) is 2. The lowest BCUT2D eigenvalue weighted by molar-refractivity contribution is -0.142. The minimum atomic E-state index is -0.700. The van der Waals surface area contributed by atoms with Gasteiger partial charge in [-0.2, -0.15) is 0 Å². The number of para-hydroxylation sites is 1. The Morgan fingerprint density at radius 3 is 2.41 bits per heavy atom. The van der Waals surface area contributed by atoms with Gasteiger partial charge in [-0.25, -0.2) is 0 Å². The molecule has 0 radical (unpaired) electrons. The smallest absolute Gasteiger partial charge is 0.322 e. The molecule has 0 aliphatic heterocycles. The van der Waals surface area contributed by atoms with Crippen LogP contribution in [0, 0.1) is 13.8 Å². The molecule has 0 fully saturated rings. The van der Waals surface area contributed by atoms with Crippen LogP contribution in [0.25, 0.3) is 0 Å². The van der Waals surface area contributed by atoms with Crippen molar-refractivity contribution >= 4 is 5.97 Å². The number of aryl methyl sites for hydroxylation is 2. The number of rotatable bonds is 5. The van der Waals surface area contributed by atoms with Crippen molar-refractivity contribution in [3.63, 3.8) is 0 Å². The molecule has 0 saturated carbocycles. The largest absolute Gasteiger partial charge is 0.468 e. The molecule has 4 heteroatoms. The molecule has 2 aromatic carbocycles. The summed E-state index contributed by atoms with van der Waals surface area (Å²) in [6.45, 7) is 4.05. The maximum Gasteiger partial charge on any atom is 0.322 e. The van der Waals surface area contributed by atoms with Crippen molar-refractivity contribution in [3.05, 3.63) is 59.2 Å². The number of methoxy groups -OCH3 is 1. The summed E-state index contributed by atoms with van der Waals surface area (Å²) in [7, 11) is 1.33. The van der Waals surface area contributed by atoms with Gasteiger partial charge in [0, 0.05) is 6.42 Å². The summed E-state index contributed by atoms with van der Waals surface area (Å²) < 4.78 is 10.6. The van der Waals surface area contributed by atoms with Crippen LogP contribution in [0.3, 0.4) is 0 Å². The van der Waals surface area contributed by atoms with Crippen LogP contribution >= 0.6 is 0 Å². The van der Waals surface area contributed by atoms with E-state index in [9.17, 15) is 4.79 Å². The molecule has 2 N–H and O–H groups in total. The molecular weight excluding hydrogens is 278 g/mol. The normalized spacial score (nSPS) is 11.8. The maximum absolute atomic E-state index is 11.5. The summed E-state index contributed by atoms with van der Waals surface area (Å²) in [5.41, 5.74) is 8.99. The van der Waals surface area contributed by atoms with Crippen molar-refractivity contribution in [1.29, 1.82) is 0 Å². The molecule has 0 spiro atoms. The molecule has 0 saturated heterocycles. The van der Waals surface area contributed by atoms with Crippen LogP contribution in [0.1, 0.15) is 16.7 Å². The van der Waals surface area contributed by atoms with Crippen LogP contribution in [0.2, 0.25) is 0 Å². The van der Waals surface area contributed by atoms with Crippen molar-refractivity contribution in [1.82, 2.24) is 0 Å². The Bertz CT molecular complexity index is 647. The first-order valence-electron chi connectivity index (χ1n) is 7.17. The minimum Gasteiger partial charge on any atom is -0.468 e. The lowest BCUT2D eigenvalue weighted by Gasteiger charge is -2.14. The second-order valence-corrected chi connectivity index (χ2v) is 5.37. The number of hydrogen-bond donors (Lipinski definition) is 1. The molecule has 1 atom stereocenters. The highest BCUT2D eigenvalue weighted by Crippen LogP contribution is 2.27. The fourth-order valence-corrected chi connectivity index (χ4v) is 2.36. The molecule has 116 valence electrons. The summed E-state index contributed by atoms with van der Waals surface area (Å²) in [6, 6.07) is 12.9. The van der Waals surface area contributed by atoms with E-state index in [4.69, 9.17) is 10.5 Å². The van der Waals surface area contributed by atoms with Crippen molar-refractivity contribution in [2.45, 2.75) is 26.3 Å². The third-order valence-corrected chi connectivity index (χ3v) is 3.34. The zero-order valence-corrected chi connectivity index (χ0v) is 13.1. The van der Waals surface area contributed by atoms with E-state index < -0.39 is 12.0 Å². The van der Waals surface area contributed by atoms with E-state index in [0.29, 0.717) is 12.2 Å². The summed E-state index contributed by atoms with van der Waals surface area (Å²) in [5.74, 6) is 1.05. The highest BCUT2D eigenvalue weighted by atomic mass is 16.5. The molecular formula is C18H21NO3. The number of carbonyl (C=O) groups is 1. The van der Waals surface area contributed by atoms with Gasteiger partial charge in [0.05, 0.1) is 7.11 Å². The average Bonchev–Trinajstić information content (AvgIpc) is 2.47. The second-order valence-electron chi connectivity index (χ2n) is 5.37. The predicted molar refractivity (Wildman–Crippen MR) is 86.1 cm³/mol. The van der Waals surface area contributed by atoms with E-state index in [1.54, 1.807) is 0 Å². The summed E-state index contributed by atoms with van der Waals surface area (Å²) in [4.78, 5) is 11.5. The predicted octanol–water partition coefficient (Wildman–Crippen LogP) is 3.14. The van der Waals surface area contributed by atoms with Gasteiger partial charge in [0.15, 0.2) is 0 Å². The highest BCUT2D eigenvalue weighted by molar-refractivity contribution is 5.75. The van der Waals surface area contributed by atoms with Gasteiger partial charge in [0.1, 0.15) is 17.5 Å². The van der Waals surface area contributed by atoms with Gasteiger partial charge in [-0.1, -0.05) is 24.3 Å². The van der Waals surface area contributed by atoms with Crippen molar-refractivity contribution in [3.8, 4) is 11.5 Å². The van der Waals surface area contributed by atoms with Gasteiger partial charge in [0.25, 0.3) is 0 Å². The first-order chi connectivity index (χ1) is 10.5. The quantitative estimate of drug-likeness (QED) is 0.862. The van der Waals surface area contributed by atoms with E-state index in [0.717, 1.165) is 22.4 Å². The lowest BCUT2D eigenvalue weighted by Crippen LogP contribution is -2.33. The lowest BCUT2D eigenvalue weighted by atomic mass is 10.1. The minimum absolute atomic E-state index is 0.369. The average molecular weight is 299 g/mol. The van der Waals surface area contributed by atoms with E-state index in [1.165, 1.54) is 7.11 Å². The summed E-state index contributed by atoms with van der Waals surface area (Å²) in [5, 5.41) is 0. The first kappa shape index (κ1) is 16.0. The van der Waals surface area contributed by atoms with Crippen molar-refractivity contribution in [2.75, 3.05) is 7.11 Å². The maximum atomic E-state index is 11.5. The standard InChI is InChI=1S/C18H21NO3/c1-12-8-13(2)10-15(9-12)22-17-7-5-4-6-14(17)11-16(19)18(20)21-3/h4-10,16H,11,19H2,1-3H3. The number of nitrogens with two attached hydrogens (primary N) is 1. The van der Waals surface area contributed by atoms with Gasteiger partial charge >= 0.3 is 5.97 Å². The molecule has 0 aliphatic rings. The monoisotopic (exact) mass is 299 g/mol. The van der Waals surface area contributed by atoms with Gasteiger partial charge in [-0.05, 0) is 48.7 Å².